The molecule has 0 aliphatic heterocycles. The van der Waals surface area contributed by atoms with Crippen LogP contribution in [0, 0.1) is 0 Å². The van der Waals surface area contributed by atoms with Gasteiger partial charge in [0.15, 0.2) is 5.82 Å². The fourth-order valence-electron chi connectivity index (χ4n) is 1.16. The van der Waals surface area contributed by atoms with Crippen molar-refractivity contribution in [1.82, 2.24) is 5.16 Å². The number of nitrogens with zero attached hydrogens (tertiary/aromatic N) is 1. The zero-order chi connectivity index (χ0) is 12.3. The standard InChI is InChI=1S/C10H8ClN3O3/c11-6-1-2-8(15)7(5-6)12-10(16)13-9-3-4-17-14-9/h1-5,15H,(H2,12,13,14,16). The Morgan fingerprint density at radius 2 is 2.18 bits per heavy atom. The maximum atomic E-state index is 11.5. The van der Waals surface area contributed by atoms with Crippen LogP contribution in [-0.4, -0.2) is 16.3 Å². The molecule has 0 atom stereocenters. The summed E-state index contributed by atoms with van der Waals surface area (Å²) in [6, 6.07) is 5.25. The fraction of sp³-hybridized carbons (Fsp3) is 0. The molecule has 0 aliphatic carbocycles. The first-order chi connectivity index (χ1) is 8.15. The lowest BCUT2D eigenvalue weighted by molar-refractivity contribution is 0.261. The Morgan fingerprint density at radius 1 is 1.35 bits per heavy atom. The SMILES string of the molecule is O=C(Nc1ccon1)Nc1cc(Cl)ccc1O. The Bertz CT molecular complexity index is 528. The average molecular weight is 254 g/mol. The van der Waals surface area contributed by atoms with Crippen LogP contribution in [0.1, 0.15) is 0 Å². The van der Waals surface area contributed by atoms with Crippen LogP contribution in [0.3, 0.4) is 0 Å². The molecule has 2 aromatic rings. The van der Waals surface area contributed by atoms with Gasteiger partial charge in [0.25, 0.3) is 0 Å². The number of urea groups is 1. The molecular weight excluding hydrogens is 246 g/mol. The van der Waals surface area contributed by atoms with E-state index in [2.05, 4.69) is 20.3 Å². The number of carbonyl (C=O) groups excluding carboxylic acids is 1. The van der Waals surface area contributed by atoms with Gasteiger partial charge in [-0.3, -0.25) is 5.32 Å². The molecule has 1 heterocycles. The van der Waals surface area contributed by atoms with E-state index in [1.165, 1.54) is 30.5 Å². The van der Waals surface area contributed by atoms with Gasteiger partial charge in [-0.2, -0.15) is 0 Å². The van der Waals surface area contributed by atoms with Crippen molar-refractivity contribution in [2.24, 2.45) is 0 Å². The van der Waals surface area contributed by atoms with Crippen molar-refractivity contribution in [2.45, 2.75) is 0 Å². The average Bonchev–Trinajstić information content (AvgIpc) is 2.76. The quantitative estimate of drug-likeness (QED) is 0.718. The van der Waals surface area contributed by atoms with Gasteiger partial charge in [0.2, 0.25) is 0 Å². The zero-order valence-electron chi connectivity index (χ0n) is 8.48. The van der Waals surface area contributed by atoms with Crippen LogP contribution in [0.4, 0.5) is 16.3 Å². The van der Waals surface area contributed by atoms with Crippen LogP contribution in [0.15, 0.2) is 35.1 Å². The minimum absolute atomic E-state index is 0.0790. The van der Waals surface area contributed by atoms with Gasteiger partial charge in [-0.05, 0) is 18.2 Å². The zero-order valence-corrected chi connectivity index (χ0v) is 9.23. The largest absolute Gasteiger partial charge is 0.506 e. The number of anilines is 2. The molecule has 2 rings (SSSR count). The highest BCUT2D eigenvalue weighted by Gasteiger charge is 2.08. The molecule has 0 aliphatic rings. The van der Waals surface area contributed by atoms with Crippen LogP contribution in [0.2, 0.25) is 5.02 Å². The van der Waals surface area contributed by atoms with Crippen LogP contribution < -0.4 is 10.6 Å². The number of hydrogen-bond acceptors (Lipinski definition) is 4. The van der Waals surface area contributed by atoms with Gasteiger partial charge in [-0.1, -0.05) is 16.8 Å². The predicted molar refractivity (Wildman–Crippen MR) is 62.3 cm³/mol. The van der Waals surface area contributed by atoms with Gasteiger partial charge in [0.05, 0.1) is 5.69 Å². The normalized spacial score (nSPS) is 9.94. The Balaban J connectivity index is 2.05. The smallest absolute Gasteiger partial charge is 0.325 e. The summed E-state index contributed by atoms with van der Waals surface area (Å²) in [5.41, 5.74) is 0.207. The van der Waals surface area contributed by atoms with Gasteiger partial charge in [0, 0.05) is 11.1 Å². The Labute approximate surface area is 101 Å². The van der Waals surface area contributed by atoms with Gasteiger partial charge in [-0.25, -0.2) is 4.79 Å². The molecule has 17 heavy (non-hydrogen) atoms. The lowest BCUT2D eigenvalue weighted by Crippen LogP contribution is -2.19. The first-order valence-corrected chi connectivity index (χ1v) is 5.00. The fourth-order valence-corrected chi connectivity index (χ4v) is 1.33. The molecule has 0 saturated carbocycles. The van der Waals surface area contributed by atoms with Crippen molar-refractivity contribution in [1.29, 1.82) is 0 Å². The second-order valence-electron chi connectivity index (χ2n) is 3.13. The number of phenolic OH excluding ortho intramolecular Hbond substituents is 1. The molecule has 3 N–H and O–H groups in total. The summed E-state index contributed by atoms with van der Waals surface area (Å²) < 4.78 is 4.55. The maximum absolute atomic E-state index is 11.5. The van der Waals surface area contributed by atoms with E-state index in [0.29, 0.717) is 5.02 Å². The molecular formula is C10H8ClN3O3. The number of hydrogen-bond donors (Lipinski definition) is 3. The van der Waals surface area contributed by atoms with E-state index < -0.39 is 6.03 Å². The summed E-state index contributed by atoms with van der Waals surface area (Å²) in [7, 11) is 0. The summed E-state index contributed by atoms with van der Waals surface area (Å²) in [4.78, 5) is 11.5. The second kappa shape index (κ2) is 4.75. The van der Waals surface area contributed by atoms with E-state index in [0.717, 1.165) is 0 Å². The number of phenols is 1. The summed E-state index contributed by atoms with van der Waals surface area (Å²) in [5.74, 6) is 0.189. The lowest BCUT2D eigenvalue weighted by atomic mass is 10.3. The third-order valence-corrected chi connectivity index (χ3v) is 2.12. The summed E-state index contributed by atoms with van der Waals surface area (Å²) >= 11 is 5.73. The van der Waals surface area contributed by atoms with E-state index in [-0.39, 0.29) is 17.3 Å². The topological polar surface area (TPSA) is 87.4 Å². The number of halogens is 1. The lowest BCUT2D eigenvalue weighted by Gasteiger charge is -2.07. The van der Waals surface area contributed by atoms with E-state index in [1.54, 1.807) is 0 Å². The molecule has 7 heteroatoms. The molecule has 0 unspecified atom stereocenters. The van der Waals surface area contributed by atoms with Crippen LogP contribution in [0.25, 0.3) is 0 Å². The van der Waals surface area contributed by atoms with Gasteiger partial charge >= 0.3 is 6.03 Å². The Kier molecular flexibility index (Phi) is 3.15. The molecule has 2 amide bonds. The van der Waals surface area contributed by atoms with Gasteiger partial charge < -0.3 is 14.9 Å². The van der Waals surface area contributed by atoms with E-state index in [1.807, 2.05) is 0 Å². The number of nitrogens with one attached hydrogen (secondary N) is 2. The Morgan fingerprint density at radius 3 is 2.88 bits per heavy atom. The number of rotatable bonds is 2. The summed E-state index contributed by atoms with van der Waals surface area (Å²) in [5, 5.41) is 18.2. The molecule has 0 saturated heterocycles. The maximum Gasteiger partial charge on any atom is 0.325 e. The molecule has 6 nitrogen and oxygen atoms in total. The van der Waals surface area contributed by atoms with Crippen molar-refractivity contribution in [3.63, 3.8) is 0 Å². The Hall–Kier alpha value is -2.21. The first kappa shape index (κ1) is 11.3. The molecule has 0 fully saturated rings. The van der Waals surface area contributed by atoms with Crippen LogP contribution in [0.5, 0.6) is 5.75 Å². The number of amides is 2. The molecule has 88 valence electrons. The third kappa shape index (κ3) is 2.88. The van der Waals surface area contributed by atoms with Crippen molar-refractivity contribution in [3.05, 3.63) is 35.6 Å². The number of aromatic hydroxyl groups is 1. The van der Waals surface area contributed by atoms with Crippen molar-refractivity contribution in [2.75, 3.05) is 10.6 Å². The highest BCUT2D eigenvalue weighted by Crippen LogP contribution is 2.26. The van der Waals surface area contributed by atoms with Gasteiger partial charge in [-0.15, -0.1) is 0 Å². The van der Waals surface area contributed by atoms with Crippen LogP contribution in [-0.2, 0) is 0 Å². The highest BCUT2D eigenvalue weighted by atomic mass is 35.5. The summed E-state index contributed by atoms with van der Waals surface area (Å²) in [6.45, 7) is 0. The van der Waals surface area contributed by atoms with Crippen molar-refractivity contribution in [3.8, 4) is 5.75 Å². The second-order valence-corrected chi connectivity index (χ2v) is 3.56. The first-order valence-electron chi connectivity index (χ1n) is 4.62. The molecule has 1 aromatic heterocycles. The monoisotopic (exact) mass is 253 g/mol. The van der Waals surface area contributed by atoms with E-state index >= 15 is 0 Å². The van der Waals surface area contributed by atoms with Gasteiger partial charge in [0.1, 0.15) is 12.0 Å². The minimum Gasteiger partial charge on any atom is -0.506 e. The van der Waals surface area contributed by atoms with Crippen molar-refractivity contribution >= 4 is 29.1 Å². The predicted octanol–water partition coefficient (Wildman–Crippen LogP) is 2.68. The van der Waals surface area contributed by atoms with E-state index in [9.17, 15) is 9.90 Å². The third-order valence-electron chi connectivity index (χ3n) is 1.89. The summed E-state index contributed by atoms with van der Waals surface area (Å²) in [6.07, 6.45) is 1.33. The van der Waals surface area contributed by atoms with Crippen LogP contribution >= 0.6 is 11.6 Å². The van der Waals surface area contributed by atoms with Crippen molar-refractivity contribution < 1.29 is 14.4 Å². The number of aromatic nitrogens is 1. The molecule has 0 radical (unpaired) electrons. The van der Waals surface area contributed by atoms with E-state index in [4.69, 9.17) is 11.6 Å². The number of benzene rings is 1. The highest BCUT2D eigenvalue weighted by molar-refractivity contribution is 6.31. The molecule has 1 aromatic carbocycles. The molecule has 0 spiro atoms. The molecule has 0 bridgehead atoms. The number of carbonyl (C=O) groups is 1. The minimum atomic E-state index is -0.559.